The average molecular weight is 427 g/mol. The first kappa shape index (κ1) is 19.8. The van der Waals surface area contributed by atoms with E-state index in [9.17, 15) is 18.0 Å². The van der Waals surface area contributed by atoms with Crippen LogP contribution in [-0.4, -0.2) is 42.1 Å². The van der Waals surface area contributed by atoms with E-state index in [4.69, 9.17) is 4.74 Å². The number of pyridine rings is 1. The molecule has 0 unspecified atom stereocenters. The summed E-state index contributed by atoms with van der Waals surface area (Å²) in [7, 11) is 0. The number of aromatic nitrogens is 1. The fourth-order valence-electron chi connectivity index (χ4n) is 4.31. The van der Waals surface area contributed by atoms with Gasteiger partial charge < -0.3 is 15.0 Å². The number of aryl methyl sites for hydroxylation is 1. The maximum Gasteiger partial charge on any atom is 0.416 e. The van der Waals surface area contributed by atoms with E-state index in [1.807, 2.05) is 25.1 Å². The number of alkyl halides is 3. The molecule has 3 aromatic rings. The highest BCUT2D eigenvalue weighted by Gasteiger charge is 2.50. The van der Waals surface area contributed by atoms with Gasteiger partial charge in [-0.1, -0.05) is 24.3 Å². The molecule has 2 fully saturated rings. The van der Waals surface area contributed by atoms with Gasteiger partial charge in [-0.05, 0) is 30.7 Å². The number of carbonyl (C=O) groups is 1. The Bertz CT molecular complexity index is 1180. The van der Waals surface area contributed by atoms with E-state index in [0.717, 1.165) is 23.1 Å². The van der Waals surface area contributed by atoms with Crippen molar-refractivity contribution < 1.29 is 22.7 Å². The lowest BCUT2D eigenvalue weighted by Crippen LogP contribution is -2.67. The van der Waals surface area contributed by atoms with E-state index >= 15 is 0 Å². The number of fused-ring (bicyclic) bond motifs is 1. The van der Waals surface area contributed by atoms with Crippen molar-refractivity contribution in [2.24, 2.45) is 5.41 Å². The lowest BCUT2D eigenvalue weighted by atomic mass is 9.77. The normalized spacial score (nSPS) is 17.4. The third-order valence-electron chi connectivity index (χ3n) is 5.96. The van der Waals surface area contributed by atoms with Gasteiger partial charge >= 0.3 is 6.18 Å². The zero-order valence-corrected chi connectivity index (χ0v) is 16.8. The molecule has 31 heavy (non-hydrogen) atoms. The Morgan fingerprint density at radius 2 is 1.90 bits per heavy atom. The molecule has 160 valence electrons. The molecule has 2 aromatic carbocycles. The number of halogens is 3. The second-order valence-corrected chi connectivity index (χ2v) is 8.38. The molecular weight excluding hydrogens is 407 g/mol. The minimum Gasteiger partial charge on any atom is -0.380 e. The standard InChI is InChI=1S/C23H20F3N3O2/c1-14-4-2-7-17-19(14)18(21(30)29-10-22(11-29)12-31-13-22)9-27-20(17)28-16-6-3-5-15(8-16)23(24,25)26/h2-9H,10-13H2,1H3,(H,27,28). The van der Waals surface area contributed by atoms with Crippen molar-refractivity contribution in [3.05, 3.63) is 65.4 Å². The minimum atomic E-state index is -4.43. The molecule has 2 saturated heterocycles. The fourth-order valence-corrected chi connectivity index (χ4v) is 4.31. The lowest BCUT2D eigenvalue weighted by molar-refractivity contribution is -0.176. The number of nitrogens with one attached hydrogen (secondary N) is 1. The highest BCUT2D eigenvalue weighted by atomic mass is 19.4. The van der Waals surface area contributed by atoms with Crippen LogP contribution in [0.15, 0.2) is 48.7 Å². The van der Waals surface area contributed by atoms with Crippen molar-refractivity contribution in [3.63, 3.8) is 0 Å². The van der Waals surface area contributed by atoms with E-state index in [0.29, 0.717) is 43.1 Å². The van der Waals surface area contributed by atoms with Crippen LogP contribution < -0.4 is 5.32 Å². The van der Waals surface area contributed by atoms with Crippen molar-refractivity contribution in [1.82, 2.24) is 9.88 Å². The molecule has 0 saturated carbocycles. The molecule has 5 rings (SSSR count). The number of carbonyl (C=O) groups excluding carboxylic acids is 1. The molecule has 0 atom stereocenters. The molecule has 1 spiro atoms. The molecule has 1 amide bonds. The summed E-state index contributed by atoms with van der Waals surface area (Å²) in [4.78, 5) is 19.3. The van der Waals surface area contributed by atoms with Gasteiger partial charge in [-0.15, -0.1) is 0 Å². The van der Waals surface area contributed by atoms with Gasteiger partial charge in [0.05, 0.1) is 29.8 Å². The summed E-state index contributed by atoms with van der Waals surface area (Å²) in [5, 5.41) is 4.43. The van der Waals surface area contributed by atoms with Gasteiger partial charge in [0.15, 0.2) is 0 Å². The van der Waals surface area contributed by atoms with Gasteiger partial charge in [0.1, 0.15) is 5.82 Å². The third kappa shape index (κ3) is 3.40. The molecule has 0 radical (unpaired) electrons. The second-order valence-electron chi connectivity index (χ2n) is 8.38. The van der Waals surface area contributed by atoms with E-state index in [2.05, 4.69) is 10.3 Å². The monoisotopic (exact) mass is 427 g/mol. The summed E-state index contributed by atoms with van der Waals surface area (Å²) < 4.78 is 44.5. The predicted molar refractivity (Wildman–Crippen MR) is 110 cm³/mol. The molecule has 2 aliphatic heterocycles. The molecule has 1 N–H and O–H groups in total. The lowest BCUT2D eigenvalue weighted by Gasteiger charge is -2.54. The second kappa shape index (κ2) is 6.95. The number of ether oxygens (including phenoxy) is 1. The number of nitrogens with zero attached hydrogens (tertiary/aromatic N) is 2. The first-order valence-corrected chi connectivity index (χ1v) is 9.95. The van der Waals surface area contributed by atoms with E-state index in [1.54, 1.807) is 11.0 Å². The number of rotatable bonds is 3. The molecular formula is C23H20F3N3O2. The fraction of sp³-hybridized carbons (Fsp3) is 0.304. The van der Waals surface area contributed by atoms with Gasteiger partial charge in [0.2, 0.25) is 0 Å². The number of benzene rings is 2. The number of likely N-dealkylation sites (tertiary alicyclic amines) is 1. The topological polar surface area (TPSA) is 54.5 Å². The molecule has 1 aromatic heterocycles. The number of hydrogen-bond acceptors (Lipinski definition) is 4. The van der Waals surface area contributed by atoms with Crippen LogP contribution in [0, 0.1) is 12.3 Å². The summed E-state index contributed by atoms with van der Waals surface area (Å²) in [6.07, 6.45) is -2.92. The SMILES string of the molecule is Cc1cccc2c(Nc3cccc(C(F)(F)F)c3)ncc(C(=O)N3CC4(COC4)C3)c12. The average Bonchev–Trinajstić information content (AvgIpc) is 2.66. The maximum atomic E-state index is 13.1. The van der Waals surface area contributed by atoms with Crippen molar-refractivity contribution in [3.8, 4) is 0 Å². The van der Waals surface area contributed by atoms with Crippen LogP contribution in [0.4, 0.5) is 24.7 Å². The Balaban J connectivity index is 1.49. The summed E-state index contributed by atoms with van der Waals surface area (Å²) in [5.74, 6) is 0.317. The Morgan fingerprint density at radius 1 is 1.16 bits per heavy atom. The Kier molecular flexibility index (Phi) is 4.44. The van der Waals surface area contributed by atoms with Gasteiger partial charge in [-0.3, -0.25) is 4.79 Å². The van der Waals surface area contributed by atoms with Crippen LogP contribution in [0.3, 0.4) is 0 Å². The van der Waals surface area contributed by atoms with Gasteiger partial charge in [0.25, 0.3) is 5.91 Å². The molecule has 0 aliphatic carbocycles. The number of amides is 1. The van der Waals surface area contributed by atoms with E-state index in [-0.39, 0.29) is 17.0 Å². The Morgan fingerprint density at radius 3 is 2.58 bits per heavy atom. The van der Waals surface area contributed by atoms with Crippen LogP contribution in [-0.2, 0) is 10.9 Å². The van der Waals surface area contributed by atoms with Gasteiger partial charge in [0, 0.05) is 35.7 Å². The summed E-state index contributed by atoms with van der Waals surface area (Å²) in [5.41, 5.74) is 1.05. The zero-order valence-electron chi connectivity index (χ0n) is 16.8. The number of hydrogen-bond donors (Lipinski definition) is 1. The first-order chi connectivity index (χ1) is 14.8. The van der Waals surface area contributed by atoms with Crippen LogP contribution in [0.25, 0.3) is 10.8 Å². The van der Waals surface area contributed by atoms with Crippen molar-refractivity contribution in [2.75, 3.05) is 31.6 Å². The molecule has 0 bridgehead atoms. The minimum absolute atomic E-state index is 0.0880. The molecule has 8 heteroatoms. The molecule has 3 heterocycles. The van der Waals surface area contributed by atoms with Crippen molar-refractivity contribution in [1.29, 1.82) is 0 Å². The summed E-state index contributed by atoms with van der Waals surface area (Å²) in [6, 6.07) is 10.5. The Labute approximate surface area is 176 Å². The predicted octanol–water partition coefficient (Wildman–Crippen LogP) is 4.78. The van der Waals surface area contributed by atoms with E-state index in [1.165, 1.54) is 12.3 Å². The highest BCUT2D eigenvalue weighted by Crippen LogP contribution is 2.39. The Hall–Kier alpha value is -3.13. The maximum absolute atomic E-state index is 13.1. The summed E-state index contributed by atoms with van der Waals surface area (Å²) in [6.45, 7) is 4.63. The first-order valence-electron chi connectivity index (χ1n) is 9.95. The largest absolute Gasteiger partial charge is 0.416 e. The van der Waals surface area contributed by atoms with Crippen molar-refractivity contribution in [2.45, 2.75) is 13.1 Å². The molecule has 5 nitrogen and oxygen atoms in total. The van der Waals surface area contributed by atoms with Crippen LogP contribution in [0.1, 0.15) is 21.5 Å². The van der Waals surface area contributed by atoms with Gasteiger partial charge in [-0.25, -0.2) is 4.98 Å². The summed E-state index contributed by atoms with van der Waals surface area (Å²) >= 11 is 0. The van der Waals surface area contributed by atoms with Crippen molar-refractivity contribution >= 4 is 28.2 Å². The molecule has 2 aliphatic rings. The van der Waals surface area contributed by atoms with Crippen LogP contribution >= 0.6 is 0 Å². The smallest absolute Gasteiger partial charge is 0.380 e. The van der Waals surface area contributed by atoms with Gasteiger partial charge in [-0.2, -0.15) is 13.2 Å². The highest BCUT2D eigenvalue weighted by molar-refractivity contribution is 6.11. The van der Waals surface area contributed by atoms with E-state index < -0.39 is 11.7 Å². The zero-order chi connectivity index (χ0) is 21.8. The number of anilines is 2. The quantitative estimate of drug-likeness (QED) is 0.654. The third-order valence-corrected chi connectivity index (χ3v) is 5.96. The van der Waals surface area contributed by atoms with Crippen LogP contribution in [0.5, 0.6) is 0 Å². The van der Waals surface area contributed by atoms with Crippen LogP contribution in [0.2, 0.25) is 0 Å².